The molecule has 2 aliphatic heterocycles. The molecule has 0 atom stereocenters. The van der Waals surface area contributed by atoms with Crippen LogP contribution >= 0.6 is 0 Å². The highest BCUT2D eigenvalue weighted by molar-refractivity contribution is 7.91. The number of fused-ring (bicyclic) bond motifs is 1. The fourth-order valence-electron chi connectivity index (χ4n) is 5.55. The van der Waals surface area contributed by atoms with Crippen LogP contribution in [0.1, 0.15) is 49.3 Å². The van der Waals surface area contributed by atoms with Crippen LogP contribution < -0.4 is 14.8 Å². The Bertz CT molecular complexity index is 1560. The van der Waals surface area contributed by atoms with Gasteiger partial charge in [-0.05, 0) is 98.0 Å². The summed E-state index contributed by atoms with van der Waals surface area (Å²) in [5, 5.41) is 2.95. The fraction of sp³-hybridized carbons (Fsp3) is 0.400. The number of sulfone groups is 1. The average Bonchev–Trinajstić information content (AvgIpc) is 3.16. The van der Waals surface area contributed by atoms with E-state index in [-0.39, 0.29) is 23.0 Å². The van der Waals surface area contributed by atoms with Gasteiger partial charge in [-0.25, -0.2) is 8.42 Å². The summed E-state index contributed by atoms with van der Waals surface area (Å²) in [6.07, 6.45) is 5.50. The van der Waals surface area contributed by atoms with E-state index in [9.17, 15) is 13.2 Å². The molecule has 3 aromatic rings. The van der Waals surface area contributed by atoms with E-state index in [2.05, 4.69) is 24.2 Å². The average molecular weight is 619 g/mol. The van der Waals surface area contributed by atoms with Crippen molar-refractivity contribution in [2.75, 3.05) is 44.5 Å². The maximum absolute atomic E-state index is 13.3. The van der Waals surface area contributed by atoms with E-state index in [1.165, 1.54) is 0 Å². The van der Waals surface area contributed by atoms with Crippen molar-refractivity contribution in [1.82, 2.24) is 4.90 Å². The van der Waals surface area contributed by atoms with E-state index in [0.29, 0.717) is 48.2 Å². The van der Waals surface area contributed by atoms with Crippen LogP contribution in [0.25, 0.3) is 6.08 Å². The molecule has 44 heavy (non-hydrogen) atoms. The van der Waals surface area contributed by atoms with Gasteiger partial charge in [-0.2, -0.15) is 0 Å². The van der Waals surface area contributed by atoms with Gasteiger partial charge in [0.15, 0.2) is 9.84 Å². The monoisotopic (exact) mass is 618 g/mol. The Morgan fingerprint density at radius 3 is 2.48 bits per heavy atom. The van der Waals surface area contributed by atoms with Gasteiger partial charge in [-0.3, -0.25) is 9.69 Å². The molecule has 234 valence electrons. The summed E-state index contributed by atoms with van der Waals surface area (Å²) in [4.78, 5) is 15.8. The van der Waals surface area contributed by atoms with Gasteiger partial charge in [0.2, 0.25) is 0 Å². The highest BCUT2D eigenvalue weighted by Gasteiger charge is 2.25. The lowest BCUT2D eigenvalue weighted by atomic mass is 10.1. The van der Waals surface area contributed by atoms with E-state index >= 15 is 0 Å². The minimum Gasteiger partial charge on any atom is -0.494 e. The third-order valence-corrected chi connectivity index (χ3v) is 9.85. The zero-order valence-electron chi connectivity index (χ0n) is 25.6. The van der Waals surface area contributed by atoms with Gasteiger partial charge in [0, 0.05) is 43.5 Å². The van der Waals surface area contributed by atoms with E-state index in [1.54, 1.807) is 24.3 Å². The third-order valence-electron chi connectivity index (χ3n) is 8.07. The Morgan fingerprint density at radius 1 is 0.955 bits per heavy atom. The second-order valence-electron chi connectivity index (χ2n) is 11.4. The zero-order chi connectivity index (χ0) is 30.9. The normalized spacial score (nSPS) is 16.5. The van der Waals surface area contributed by atoms with Crippen molar-refractivity contribution >= 4 is 27.5 Å². The first kappa shape index (κ1) is 31.8. The summed E-state index contributed by atoms with van der Waals surface area (Å²) >= 11 is 0. The summed E-state index contributed by atoms with van der Waals surface area (Å²) in [5.41, 5.74) is 3.80. The molecule has 1 amide bonds. The van der Waals surface area contributed by atoms with Crippen molar-refractivity contribution < 1.29 is 27.4 Å². The highest BCUT2D eigenvalue weighted by Crippen LogP contribution is 2.30. The number of carbonyl (C=O) groups is 1. The van der Waals surface area contributed by atoms with Gasteiger partial charge in [0.25, 0.3) is 5.91 Å². The number of amides is 1. The van der Waals surface area contributed by atoms with Crippen molar-refractivity contribution in [3.8, 4) is 11.5 Å². The molecule has 1 saturated heterocycles. The SMILES string of the molecule is CCCOc1cccc(CCOc2ccc3c(c2)C=C(C(=O)Nc2ccc(CN(C)C4CCOCC4)cc2)CCS3(=O)=O)c1. The molecule has 0 aromatic heterocycles. The fourth-order valence-corrected chi connectivity index (χ4v) is 7.01. The second-order valence-corrected chi connectivity index (χ2v) is 13.5. The topological polar surface area (TPSA) is 94.2 Å². The molecular weight excluding hydrogens is 576 g/mol. The highest BCUT2D eigenvalue weighted by atomic mass is 32.2. The number of nitrogens with one attached hydrogen (secondary N) is 1. The van der Waals surface area contributed by atoms with Crippen LogP contribution in [0.15, 0.2) is 77.2 Å². The van der Waals surface area contributed by atoms with Crippen LogP contribution in [0, 0.1) is 0 Å². The van der Waals surface area contributed by atoms with Crippen molar-refractivity contribution in [3.05, 3.63) is 89.0 Å². The van der Waals surface area contributed by atoms with Gasteiger partial charge in [0.05, 0.1) is 23.9 Å². The van der Waals surface area contributed by atoms with Crippen LogP contribution in [0.5, 0.6) is 11.5 Å². The quantitative estimate of drug-likeness (QED) is 0.270. The molecule has 0 radical (unpaired) electrons. The molecule has 5 rings (SSSR count). The molecule has 0 unspecified atom stereocenters. The largest absolute Gasteiger partial charge is 0.494 e. The molecule has 0 spiro atoms. The van der Waals surface area contributed by atoms with Crippen LogP contribution in [0.2, 0.25) is 0 Å². The lowest BCUT2D eigenvalue weighted by molar-refractivity contribution is -0.112. The molecule has 0 saturated carbocycles. The molecule has 0 aliphatic carbocycles. The number of hydrogen-bond donors (Lipinski definition) is 1. The molecule has 2 aliphatic rings. The number of benzene rings is 3. The molecule has 1 fully saturated rings. The predicted octanol–water partition coefficient (Wildman–Crippen LogP) is 5.91. The smallest absolute Gasteiger partial charge is 0.251 e. The Hall–Kier alpha value is -3.66. The number of nitrogens with zero attached hydrogens (tertiary/aromatic N) is 1. The van der Waals surface area contributed by atoms with Gasteiger partial charge in [0.1, 0.15) is 11.5 Å². The van der Waals surface area contributed by atoms with Crippen molar-refractivity contribution in [1.29, 1.82) is 0 Å². The minimum absolute atomic E-state index is 0.128. The van der Waals surface area contributed by atoms with E-state index < -0.39 is 9.84 Å². The second kappa shape index (κ2) is 14.9. The van der Waals surface area contributed by atoms with E-state index in [0.717, 1.165) is 55.9 Å². The number of carbonyl (C=O) groups excluding carboxylic acids is 1. The number of rotatable bonds is 12. The summed E-state index contributed by atoms with van der Waals surface area (Å²) in [6, 6.07) is 21.2. The summed E-state index contributed by atoms with van der Waals surface area (Å²) in [7, 11) is -1.42. The molecule has 3 aromatic carbocycles. The van der Waals surface area contributed by atoms with Gasteiger partial charge >= 0.3 is 0 Å². The molecular formula is C35H42N2O6S. The molecule has 9 heteroatoms. The number of hydrogen-bond acceptors (Lipinski definition) is 7. The first-order valence-electron chi connectivity index (χ1n) is 15.4. The first-order valence-corrected chi connectivity index (χ1v) is 17.1. The number of anilines is 1. The molecule has 2 heterocycles. The van der Waals surface area contributed by atoms with Crippen LogP contribution in [0.3, 0.4) is 0 Å². The van der Waals surface area contributed by atoms with Crippen LogP contribution in [-0.2, 0) is 32.3 Å². The maximum Gasteiger partial charge on any atom is 0.251 e. The van der Waals surface area contributed by atoms with E-state index in [4.69, 9.17) is 14.2 Å². The lowest BCUT2D eigenvalue weighted by Gasteiger charge is -2.31. The molecule has 8 nitrogen and oxygen atoms in total. The molecule has 0 bridgehead atoms. The maximum atomic E-state index is 13.3. The van der Waals surface area contributed by atoms with Crippen molar-refractivity contribution in [2.24, 2.45) is 0 Å². The van der Waals surface area contributed by atoms with Crippen molar-refractivity contribution in [3.63, 3.8) is 0 Å². The van der Waals surface area contributed by atoms with Crippen LogP contribution in [-0.4, -0.2) is 64.5 Å². The third kappa shape index (κ3) is 8.49. The molecule has 1 N–H and O–H groups in total. The Kier molecular flexibility index (Phi) is 10.7. The van der Waals surface area contributed by atoms with E-state index in [1.807, 2.05) is 48.5 Å². The Balaban J connectivity index is 1.22. The Labute approximate surface area is 260 Å². The summed E-state index contributed by atoms with van der Waals surface area (Å²) in [5.74, 6) is 0.950. The zero-order valence-corrected chi connectivity index (χ0v) is 26.4. The minimum atomic E-state index is -3.55. The summed E-state index contributed by atoms with van der Waals surface area (Å²) < 4.78 is 43.3. The first-order chi connectivity index (χ1) is 21.3. The van der Waals surface area contributed by atoms with Crippen LogP contribution in [0.4, 0.5) is 5.69 Å². The summed E-state index contributed by atoms with van der Waals surface area (Å²) in [6.45, 7) is 5.60. The van der Waals surface area contributed by atoms with Gasteiger partial charge in [-0.15, -0.1) is 0 Å². The standard InChI is InChI=1S/C35H42N2O6S/c1-3-17-42-32-6-4-5-26(22-32)13-20-43-33-11-12-34-29(24-33)23-28(16-21-44(34,39)40)35(38)36-30-9-7-27(8-10-30)25-37(2)31-14-18-41-19-15-31/h4-12,22-24,31H,3,13-21,25H2,1-2H3,(H,36,38). The lowest BCUT2D eigenvalue weighted by Crippen LogP contribution is -2.36. The van der Waals surface area contributed by atoms with Crippen molar-refractivity contribution in [2.45, 2.75) is 56.5 Å². The van der Waals surface area contributed by atoms with Gasteiger partial charge < -0.3 is 19.5 Å². The number of ether oxygens (including phenoxy) is 3. The van der Waals surface area contributed by atoms with Gasteiger partial charge in [-0.1, -0.05) is 31.2 Å². The predicted molar refractivity (Wildman–Crippen MR) is 173 cm³/mol. The Morgan fingerprint density at radius 2 is 1.70 bits per heavy atom.